The van der Waals surface area contributed by atoms with Gasteiger partial charge < -0.3 is 16.0 Å². The van der Waals surface area contributed by atoms with Gasteiger partial charge in [0.2, 0.25) is 5.91 Å². The molecule has 3 N–H and O–H groups in total. The smallest absolute Gasteiger partial charge is 0.319 e. The van der Waals surface area contributed by atoms with E-state index in [-0.39, 0.29) is 11.8 Å². The lowest BCUT2D eigenvalue weighted by Crippen LogP contribution is -2.50. The van der Waals surface area contributed by atoms with Crippen LogP contribution in [0.4, 0.5) is 10.5 Å². The zero-order valence-electron chi connectivity index (χ0n) is 16.4. The number of urea groups is 1. The van der Waals surface area contributed by atoms with Crippen molar-refractivity contribution < 1.29 is 9.59 Å². The number of carbonyl (C=O) groups excluding carboxylic acids is 2. The number of amides is 3. The lowest BCUT2D eigenvalue weighted by Gasteiger charge is -2.22. The summed E-state index contributed by atoms with van der Waals surface area (Å²) in [4.78, 5) is 29.2. The average molecular weight is 392 g/mol. The summed E-state index contributed by atoms with van der Waals surface area (Å²) < 4.78 is 1.66. The third kappa shape index (κ3) is 5.65. The molecule has 1 aromatic carbocycles. The Balaban J connectivity index is 1.54. The topological polar surface area (TPSA) is 101 Å². The van der Waals surface area contributed by atoms with Gasteiger partial charge >= 0.3 is 6.03 Å². The molecule has 3 rings (SSSR count). The van der Waals surface area contributed by atoms with E-state index >= 15 is 0 Å². The molecule has 0 aliphatic rings. The molecule has 2 heterocycles. The molecule has 0 saturated heterocycles. The van der Waals surface area contributed by atoms with Crippen molar-refractivity contribution in [3.8, 4) is 5.82 Å². The lowest BCUT2D eigenvalue weighted by molar-refractivity contribution is -0.124. The normalized spacial score (nSPS) is 11.7. The van der Waals surface area contributed by atoms with Crippen molar-refractivity contribution in [1.29, 1.82) is 0 Å². The van der Waals surface area contributed by atoms with Crippen LogP contribution >= 0.6 is 0 Å². The third-order valence-corrected chi connectivity index (χ3v) is 4.28. The Bertz CT molecular complexity index is 924. The summed E-state index contributed by atoms with van der Waals surface area (Å²) in [7, 11) is 0. The minimum absolute atomic E-state index is 0.0724. The van der Waals surface area contributed by atoms with E-state index in [2.05, 4.69) is 26.0 Å². The second-order valence-electron chi connectivity index (χ2n) is 6.88. The van der Waals surface area contributed by atoms with Crippen molar-refractivity contribution in [2.24, 2.45) is 5.92 Å². The fourth-order valence-electron chi connectivity index (χ4n) is 2.73. The van der Waals surface area contributed by atoms with Gasteiger partial charge in [-0.25, -0.2) is 14.5 Å². The monoisotopic (exact) mass is 392 g/mol. The summed E-state index contributed by atoms with van der Waals surface area (Å²) in [6, 6.07) is 13.5. The second-order valence-corrected chi connectivity index (χ2v) is 6.88. The van der Waals surface area contributed by atoms with Crippen LogP contribution < -0.4 is 16.0 Å². The van der Waals surface area contributed by atoms with Crippen LogP contribution in [0, 0.1) is 5.92 Å². The van der Waals surface area contributed by atoms with Gasteiger partial charge in [0.15, 0.2) is 5.82 Å². The van der Waals surface area contributed by atoms with E-state index in [1.807, 2.05) is 56.4 Å². The second kappa shape index (κ2) is 9.50. The average Bonchev–Trinajstić information content (AvgIpc) is 3.26. The van der Waals surface area contributed by atoms with Gasteiger partial charge in [0.1, 0.15) is 6.04 Å². The Morgan fingerprint density at radius 1 is 1.07 bits per heavy atom. The number of carbonyl (C=O) groups is 2. The highest BCUT2D eigenvalue weighted by Crippen LogP contribution is 2.08. The lowest BCUT2D eigenvalue weighted by atomic mass is 10.0. The van der Waals surface area contributed by atoms with Gasteiger partial charge in [-0.05, 0) is 35.7 Å². The highest BCUT2D eigenvalue weighted by atomic mass is 16.2. The van der Waals surface area contributed by atoms with Crippen molar-refractivity contribution in [2.45, 2.75) is 26.4 Å². The van der Waals surface area contributed by atoms with Crippen LogP contribution in [-0.4, -0.2) is 32.7 Å². The Morgan fingerprint density at radius 2 is 1.86 bits per heavy atom. The van der Waals surface area contributed by atoms with Gasteiger partial charge in [-0.15, -0.1) is 0 Å². The van der Waals surface area contributed by atoms with E-state index in [1.165, 1.54) is 0 Å². The van der Waals surface area contributed by atoms with Crippen LogP contribution in [0.2, 0.25) is 0 Å². The first-order valence-electron chi connectivity index (χ1n) is 9.38. The van der Waals surface area contributed by atoms with E-state index in [1.54, 1.807) is 29.2 Å². The van der Waals surface area contributed by atoms with Crippen LogP contribution in [0.15, 0.2) is 67.1 Å². The zero-order chi connectivity index (χ0) is 20.6. The number of hydrogen-bond acceptors (Lipinski definition) is 4. The first kappa shape index (κ1) is 20.1. The fraction of sp³-hybridized carbons (Fsp3) is 0.238. The van der Waals surface area contributed by atoms with Crippen LogP contribution in [0.1, 0.15) is 19.4 Å². The molecule has 3 amide bonds. The van der Waals surface area contributed by atoms with Crippen molar-refractivity contribution in [1.82, 2.24) is 25.4 Å². The number of para-hydroxylation sites is 1. The van der Waals surface area contributed by atoms with Crippen molar-refractivity contribution in [3.05, 3.63) is 72.7 Å². The largest absolute Gasteiger partial charge is 0.350 e. The Morgan fingerprint density at radius 3 is 2.48 bits per heavy atom. The first-order chi connectivity index (χ1) is 14.0. The Hall–Kier alpha value is -3.68. The summed E-state index contributed by atoms with van der Waals surface area (Å²) in [5.74, 6) is 0.376. The summed E-state index contributed by atoms with van der Waals surface area (Å²) in [5.41, 5.74) is 1.52. The standard InChI is InChI=1S/C21H24N6O2/c1-15(2)19(26-21(29)25-17-7-4-3-5-8-17)20(28)23-14-16-9-10-18(22-13-16)27-12-6-11-24-27/h3-13,15,19H,14H2,1-2H3,(H,23,28)(H2,25,26,29). The number of pyridine rings is 1. The number of rotatable bonds is 7. The highest BCUT2D eigenvalue weighted by Gasteiger charge is 2.24. The van der Waals surface area contributed by atoms with Crippen LogP contribution in [0.3, 0.4) is 0 Å². The first-order valence-corrected chi connectivity index (χ1v) is 9.38. The maximum atomic E-state index is 12.6. The maximum Gasteiger partial charge on any atom is 0.319 e. The number of nitrogens with zero attached hydrogens (tertiary/aromatic N) is 3. The molecule has 0 bridgehead atoms. The molecule has 1 atom stereocenters. The molecule has 0 saturated carbocycles. The quantitative estimate of drug-likeness (QED) is 0.575. The van der Waals surface area contributed by atoms with Gasteiger partial charge in [-0.1, -0.05) is 38.1 Å². The number of nitrogens with one attached hydrogen (secondary N) is 3. The van der Waals surface area contributed by atoms with Gasteiger partial charge in [0.25, 0.3) is 0 Å². The molecule has 3 aromatic rings. The Labute approximate surface area is 169 Å². The van der Waals surface area contributed by atoms with Crippen LogP contribution in [0.5, 0.6) is 0 Å². The van der Waals surface area contributed by atoms with E-state index in [0.717, 1.165) is 5.56 Å². The maximum absolute atomic E-state index is 12.6. The van der Waals surface area contributed by atoms with Crippen molar-refractivity contribution >= 4 is 17.6 Å². The fourth-order valence-corrected chi connectivity index (χ4v) is 2.73. The molecule has 0 fully saturated rings. The molecule has 0 aliphatic heterocycles. The minimum atomic E-state index is -0.657. The summed E-state index contributed by atoms with van der Waals surface area (Å²) in [6.45, 7) is 4.08. The molecule has 1 unspecified atom stereocenters. The van der Waals surface area contributed by atoms with Gasteiger partial charge in [-0.3, -0.25) is 4.79 Å². The molecule has 8 nitrogen and oxygen atoms in total. The van der Waals surface area contributed by atoms with Crippen molar-refractivity contribution in [3.63, 3.8) is 0 Å². The highest BCUT2D eigenvalue weighted by molar-refractivity contribution is 5.93. The summed E-state index contributed by atoms with van der Waals surface area (Å²) in [5, 5.41) is 12.5. The van der Waals surface area contributed by atoms with Crippen LogP contribution in [0.25, 0.3) is 5.82 Å². The summed E-state index contributed by atoms with van der Waals surface area (Å²) >= 11 is 0. The molecule has 2 aromatic heterocycles. The molecular formula is C21H24N6O2. The molecular weight excluding hydrogens is 368 g/mol. The van der Waals surface area contributed by atoms with Gasteiger partial charge in [0.05, 0.1) is 0 Å². The molecule has 8 heteroatoms. The number of anilines is 1. The number of aromatic nitrogens is 3. The van der Waals surface area contributed by atoms with E-state index < -0.39 is 12.1 Å². The third-order valence-electron chi connectivity index (χ3n) is 4.28. The number of benzene rings is 1. The van der Waals surface area contributed by atoms with E-state index in [0.29, 0.717) is 18.1 Å². The molecule has 0 radical (unpaired) electrons. The molecule has 0 spiro atoms. The molecule has 0 aliphatic carbocycles. The van der Waals surface area contributed by atoms with Gasteiger partial charge in [-0.2, -0.15) is 5.10 Å². The van der Waals surface area contributed by atoms with E-state index in [4.69, 9.17) is 0 Å². The van der Waals surface area contributed by atoms with Crippen molar-refractivity contribution in [2.75, 3.05) is 5.32 Å². The molecule has 150 valence electrons. The van der Waals surface area contributed by atoms with E-state index in [9.17, 15) is 9.59 Å². The van der Waals surface area contributed by atoms with Gasteiger partial charge in [0, 0.05) is 30.8 Å². The summed E-state index contributed by atoms with van der Waals surface area (Å²) in [6.07, 6.45) is 5.18. The number of hydrogen-bond donors (Lipinski definition) is 3. The SMILES string of the molecule is CC(C)C(NC(=O)Nc1ccccc1)C(=O)NCc1ccc(-n2cccn2)nc1. The zero-order valence-corrected chi connectivity index (χ0v) is 16.4. The molecule has 29 heavy (non-hydrogen) atoms. The minimum Gasteiger partial charge on any atom is -0.350 e. The predicted octanol–water partition coefficient (Wildman–Crippen LogP) is 2.73. The Kier molecular flexibility index (Phi) is 6.57. The predicted molar refractivity (Wildman–Crippen MR) is 110 cm³/mol. The van der Waals surface area contributed by atoms with Crippen LogP contribution in [-0.2, 0) is 11.3 Å².